The number of hydrogen-bond donors (Lipinski definition) is 1. The van der Waals surface area contributed by atoms with Gasteiger partial charge < -0.3 is 19.3 Å². The average Bonchev–Trinajstić information content (AvgIpc) is 3.43. The van der Waals surface area contributed by atoms with Crippen molar-refractivity contribution >= 4 is 29.1 Å². The van der Waals surface area contributed by atoms with E-state index in [1.165, 1.54) is 4.90 Å². The van der Waals surface area contributed by atoms with Gasteiger partial charge in [0.2, 0.25) is 0 Å². The zero-order valence-electron chi connectivity index (χ0n) is 21.3. The molecule has 1 fully saturated rings. The molecule has 2 aliphatic rings. The molecule has 8 heteroatoms. The molecule has 1 saturated heterocycles. The SMILES string of the molecule is CCOC(=O)c1ccc(N2C(=O)C(=O)/C(=C(\O)c3ccc4c(c3)CC(C)O4)C2c2ccc(OC)cc2)cc1. The van der Waals surface area contributed by atoms with E-state index in [1.807, 2.05) is 6.92 Å². The number of aliphatic hydroxyl groups is 1. The molecule has 0 bridgehead atoms. The Morgan fingerprint density at radius 3 is 2.37 bits per heavy atom. The van der Waals surface area contributed by atoms with Gasteiger partial charge in [-0.15, -0.1) is 0 Å². The summed E-state index contributed by atoms with van der Waals surface area (Å²) in [7, 11) is 1.55. The van der Waals surface area contributed by atoms with Crippen molar-refractivity contribution in [3.8, 4) is 11.5 Å². The summed E-state index contributed by atoms with van der Waals surface area (Å²) in [5, 5.41) is 11.4. The van der Waals surface area contributed by atoms with Gasteiger partial charge in [0.15, 0.2) is 0 Å². The van der Waals surface area contributed by atoms with Crippen molar-refractivity contribution in [2.75, 3.05) is 18.6 Å². The summed E-state index contributed by atoms with van der Waals surface area (Å²) >= 11 is 0. The third-order valence-electron chi connectivity index (χ3n) is 6.70. The number of amides is 1. The fourth-order valence-corrected chi connectivity index (χ4v) is 4.90. The number of hydrogen-bond acceptors (Lipinski definition) is 7. The normalized spacial score (nSPS) is 19.7. The number of carbonyl (C=O) groups excluding carboxylic acids is 3. The summed E-state index contributed by atoms with van der Waals surface area (Å²) in [6, 6.07) is 17.5. The standard InChI is InChI=1S/C30H27NO7/c1-4-37-30(35)19-5-10-22(11-6-19)31-26(18-7-12-23(36-3)13-8-18)25(28(33)29(31)34)27(32)20-9-14-24-21(16-20)15-17(2)38-24/h5-14,16-17,26,32H,4,15H2,1-3H3/b27-25-. The number of esters is 1. The Kier molecular flexibility index (Phi) is 6.63. The Labute approximate surface area is 220 Å². The Balaban J connectivity index is 1.62. The van der Waals surface area contributed by atoms with Crippen LogP contribution in [0.2, 0.25) is 0 Å². The van der Waals surface area contributed by atoms with E-state index in [0.717, 1.165) is 11.3 Å². The van der Waals surface area contributed by atoms with Crippen LogP contribution in [-0.2, 0) is 20.7 Å². The lowest BCUT2D eigenvalue weighted by Gasteiger charge is -2.25. The maximum atomic E-state index is 13.4. The zero-order chi connectivity index (χ0) is 27.0. The Morgan fingerprint density at radius 2 is 1.71 bits per heavy atom. The molecule has 38 heavy (non-hydrogen) atoms. The van der Waals surface area contributed by atoms with Crippen molar-refractivity contribution < 1.29 is 33.7 Å². The van der Waals surface area contributed by atoms with Gasteiger partial charge in [0, 0.05) is 17.7 Å². The number of fused-ring (bicyclic) bond motifs is 1. The Morgan fingerprint density at radius 1 is 1.03 bits per heavy atom. The third-order valence-corrected chi connectivity index (χ3v) is 6.70. The van der Waals surface area contributed by atoms with Crippen molar-refractivity contribution in [2.24, 2.45) is 0 Å². The van der Waals surface area contributed by atoms with Crippen LogP contribution in [0.4, 0.5) is 5.69 Å². The van der Waals surface area contributed by atoms with Gasteiger partial charge in [-0.25, -0.2) is 4.79 Å². The lowest BCUT2D eigenvalue weighted by Crippen LogP contribution is -2.29. The summed E-state index contributed by atoms with van der Waals surface area (Å²) < 4.78 is 16.1. The van der Waals surface area contributed by atoms with Gasteiger partial charge in [0.25, 0.3) is 11.7 Å². The maximum absolute atomic E-state index is 13.4. The van der Waals surface area contributed by atoms with Crippen molar-refractivity contribution in [3.05, 3.63) is 94.6 Å². The first-order valence-corrected chi connectivity index (χ1v) is 12.3. The molecule has 2 aliphatic heterocycles. The number of aliphatic hydroxyl groups excluding tert-OH is 1. The largest absolute Gasteiger partial charge is 0.507 e. The van der Waals surface area contributed by atoms with E-state index in [1.54, 1.807) is 80.8 Å². The molecule has 5 rings (SSSR count). The smallest absolute Gasteiger partial charge is 0.338 e. The summed E-state index contributed by atoms with van der Waals surface area (Å²) in [5.41, 5.74) is 2.65. The number of methoxy groups -OCH3 is 1. The number of anilines is 1. The van der Waals surface area contributed by atoms with E-state index in [4.69, 9.17) is 14.2 Å². The highest BCUT2D eigenvalue weighted by molar-refractivity contribution is 6.51. The van der Waals surface area contributed by atoms with Crippen LogP contribution in [0.5, 0.6) is 11.5 Å². The fraction of sp³-hybridized carbons (Fsp3) is 0.233. The molecule has 0 radical (unpaired) electrons. The highest BCUT2D eigenvalue weighted by Gasteiger charge is 2.47. The van der Waals surface area contributed by atoms with Crippen LogP contribution < -0.4 is 14.4 Å². The topological polar surface area (TPSA) is 102 Å². The minimum atomic E-state index is -0.905. The minimum absolute atomic E-state index is 0.0184. The van der Waals surface area contributed by atoms with E-state index < -0.39 is 23.7 Å². The summed E-state index contributed by atoms with van der Waals surface area (Å²) in [4.78, 5) is 40.3. The molecule has 0 spiro atoms. The van der Waals surface area contributed by atoms with Crippen LogP contribution in [0.15, 0.2) is 72.3 Å². The monoisotopic (exact) mass is 513 g/mol. The number of rotatable bonds is 6. The van der Waals surface area contributed by atoms with Crippen LogP contribution in [0, 0.1) is 0 Å². The molecular weight excluding hydrogens is 486 g/mol. The quantitative estimate of drug-likeness (QED) is 0.218. The van der Waals surface area contributed by atoms with Crippen LogP contribution in [-0.4, -0.2) is 42.6 Å². The summed E-state index contributed by atoms with van der Waals surface area (Å²) in [6.45, 7) is 3.91. The summed E-state index contributed by atoms with van der Waals surface area (Å²) in [5.74, 6) is -0.989. The molecule has 0 aromatic heterocycles. The Bertz CT molecular complexity index is 1440. The van der Waals surface area contributed by atoms with Crippen molar-refractivity contribution in [3.63, 3.8) is 0 Å². The van der Waals surface area contributed by atoms with Crippen LogP contribution in [0.25, 0.3) is 5.76 Å². The molecule has 2 unspecified atom stereocenters. The molecule has 3 aromatic carbocycles. The molecule has 3 aromatic rings. The van der Waals surface area contributed by atoms with Gasteiger partial charge in [-0.1, -0.05) is 12.1 Å². The van der Waals surface area contributed by atoms with Crippen molar-refractivity contribution in [2.45, 2.75) is 32.4 Å². The molecule has 194 valence electrons. The first-order valence-electron chi connectivity index (χ1n) is 12.3. The molecule has 8 nitrogen and oxygen atoms in total. The summed E-state index contributed by atoms with van der Waals surface area (Å²) in [6.07, 6.45) is 0.698. The van der Waals surface area contributed by atoms with Gasteiger partial charge in [-0.2, -0.15) is 0 Å². The van der Waals surface area contributed by atoms with Crippen LogP contribution in [0.1, 0.15) is 46.9 Å². The van der Waals surface area contributed by atoms with Crippen molar-refractivity contribution in [1.29, 1.82) is 0 Å². The van der Waals surface area contributed by atoms with Gasteiger partial charge >= 0.3 is 5.97 Å². The highest BCUT2D eigenvalue weighted by Crippen LogP contribution is 2.43. The van der Waals surface area contributed by atoms with E-state index in [0.29, 0.717) is 34.5 Å². The molecule has 0 saturated carbocycles. The average molecular weight is 514 g/mol. The van der Waals surface area contributed by atoms with Crippen LogP contribution >= 0.6 is 0 Å². The molecule has 0 aliphatic carbocycles. The third kappa shape index (κ3) is 4.38. The second-order valence-corrected chi connectivity index (χ2v) is 9.16. The first-order chi connectivity index (χ1) is 18.3. The highest BCUT2D eigenvalue weighted by atomic mass is 16.5. The fourth-order valence-electron chi connectivity index (χ4n) is 4.90. The predicted molar refractivity (Wildman–Crippen MR) is 140 cm³/mol. The van der Waals surface area contributed by atoms with E-state index in [2.05, 4.69) is 0 Å². The van der Waals surface area contributed by atoms with Gasteiger partial charge in [-0.05, 0) is 79.6 Å². The van der Waals surface area contributed by atoms with Gasteiger partial charge in [0.1, 0.15) is 23.4 Å². The van der Waals surface area contributed by atoms with Crippen molar-refractivity contribution in [1.82, 2.24) is 0 Å². The van der Waals surface area contributed by atoms with Gasteiger partial charge in [0.05, 0.1) is 30.9 Å². The molecule has 1 amide bonds. The first kappa shape index (κ1) is 25.1. The van der Waals surface area contributed by atoms with E-state index >= 15 is 0 Å². The lowest BCUT2D eigenvalue weighted by molar-refractivity contribution is -0.132. The Hall–Kier alpha value is -4.59. The number of Topliss-reactive ketones (excluding diaryl/α,β-unsaturated/α-hetero) is 1. The number of benzene rings is 3. The molecule has 2 atom stereocenters. The minimum Gasteiger partial charge on any atom is -0.507 e. The lowest BCUT2D eigenvalue weighted by atomic mass is 9.94. The molecular formula is C30H27NO7. The predicted octanol–water partition coefficient (Wildman–Crippen LogP) is 4.82. The van der Waals surface area contributed by atoms with E-state index in [-0.39, 0.29) is 24.0 Å². The van der Waals surface area contributed by atoms with E-state index in [9.17, 15) is 19.5 Å². The second kappa shape index (κ2) is 10.0. The van der Waals surface area contributed by atoms with Crippen LogP contribution in [0.3, 0.4) is 0 Å². The number of nitrogens with zero attached hydrogens (tertiary/aromatic N) is 1. The zero-order valence-corrected chi connectivity index (χ0v) is 21.3. The maximum Gasteiger partial charge on any atom is 0.338 e. The van der Waals surface area contributed by atoms with Gasteiger partial charge in [-0.3, -0.25) is 14.5 Å². The number of carbonyl (C=O) groups is 3. The second-order valence-electron chi connectivity index (χ2n) is 9.16. The molecule has 1 N–H and O–H groups in total. The molecule has 2 heterocycles. The number of ether oxygens (including phenoxy) is 3. The number of ketones is 1.